The van der Waals surface area contributed by atoms with Gasteiger partial charge in [-0.2, -0.15) is 0 Å². The van der Waals surface area contributed by atoms with Gasteiger partial charge in [0.25, 0.3) is 6.33 Å². The van der Waals surface area contributed by atoms with E-state index in [4.69, 9.17) is 4.98 Å². The number of benzene rings is 6. The Morgan fingerprint density at radius 1 is 0.655 bits per heavy atom. The third-order valence-electron chi connectivity index (χ3n) is 11.3. The molecule has 0 unspecified atom stereocenters. The van der Waals surface area contributed by atoms with Crippen molar-refractivity contribution in [3.05, 3.63) is 163 Å². The van der Waals surface area contributed by atoms with E-state index in [9.17, 15) is 5.11 Å². The third kappa shape index (κ3) is 6.24. The van der Waals surface area contributed by atoms with Gasteiger partial charge in [-0.15, -0.1) is 35.1 Å². The van der Waals surface area contributed by atoms with E-state index < -0.39 is 0 Å². The summed E-state index contributed by atoms with van der Waals surface area (Å²) in [6.45, 7) is 13.1. The molecule has 0 fully saturated rings. The van der Waals surface area contributed by atoms with Crippen molar-refractivity contribution in [2.24, 2.45) is 0 Å². The predicted molar refractivity (Wildman–Crippen MR) is 239 cm³/mol. The summed E-state index contributed by atoms with van der Waals surface area (Å²) < 4.78 is 5.37. The average Bonchev–Trinajstić information content (AvgIpc) is 3.83. The van der Waals surface area contributed by atoms with Crippen LogP contribution in [0.25, 0.3) is 86.3 Å². The molecule has 4 nitrogen and oxygen atoms in total. The Kier molecular flexibility index (Phi) is 9.19. The number of phenolic OH excluding ortho intramolecular Hbond substituents is 1. The molecule has 6 aromatic carbocycles. The summed E-state index contributed by atoms with van der Waals surface area (Å²) in [6.07, 6.45) is 5.80. The molecule has 58 heavy (non-hydrogen) atoms. The topological polar surface area (TPSA) is 41.4 Å². The molecule has 0 aliphatic carbocycles. The number of rotatable bonds is 3. The molecule has 0 atom stereocenters. The number of nitrogens with zero attached hydrogens (tertiary/aromatic N) is 3. The first-order valence-electron chi connectivity index (χ1n) is 19.5. The van der Waals surface area contributed by atoms with Gasteiger partial charge in [0.15, 0.2) is 0 Å². The second kappa shape index (κ2) is 14.0. The van der Waals surface area contributed by atoms with Gasteiger partial charge in [0.05, 0.1) is 15.7 Å². The van der Waals surface area contributed by atoms with Gasteiger partial charge in [0, 0.05) is 11.1 Å². The zero-order valence-electron chi connectivity index (χ0n) is 33.3. The van der Waals surface area contributed by atoms with Crippen LogP contribution in [0.3, 0.4) is 0 Å². The summed E-state index contributed by atoms with van der Waals surface area (Å²) in [5.74, 6) is 0.264. The summed E-state index contributed by atoms with van der Waals surface area (Å²) in [5, 5.41) is 20.0. The molecule has 6 heteroatoms. The third-order valence-corrected chi connectivity index (χ3v) is 12.4. The zero-order valence-corrected chi connectivity index (χ0v) is 36.4. The van der Waals surface area contributed by atoms with Crippen molar-refractivity contribution in [3.63, 3.8) is 0 Å². The van der Waals surface area contributed by atoms with Crippen molar-refractivity contribution < 1.29 is 30.7 Å². The Morgan fingerprint density at radius 3 is 1.97 bits per heavy atom. The Bertz CT molecular complexity index is 3280. The van der Waals surface area contributed by atoms with Crippen LogP contribution in [0.5, 0.6) is 5.75 Å². The number of aromatic nitrogens is 3. The van der Waals surface area contributed by atoms with Crippen LogP contribution < -0.4 is 4.57 Å². The fraction of sp³-hybridized carbons (Fsp3) is 0.154. The van der Waals surface area contributed by atoms with Crippen molar-refractivity contribution in [2.45, 2.75) is 52.4 Å². The molecule has 0 saturated carbocycles. The van der Waals surface area contributed by atoms with Crippen LogP contribution in [-0.2, 0) is 31.9 Å². The van der Waals surface area contributed by atoms with Crippen molar-refractivity contribution in [2.75, 3.05) is 0 Å². The van der Waals surface area contributed by atoms with Gasteiger partial charge in [-0.05, 0) is 77.8 Å². The predicted octanol–water partition coefficient (Wildman–Crippen LogP) is 13.2. The van der Waals surface area contributed by atoms with Crippen LogP contribution in [0.4, 0.5) is 0 Å². The number of imidazole rings is 1. The smallest absolute Gasteiger partial charge is 0.511 e. The van der Waals surface area contributed by atoms with Crippen molar-refractivity contribution in [1.82, 2.24) is 9.38 Å². The first kappa shape index (κ1) is 37.9. The maximum absolute atomic E-state index is 12.2. The molecule has 286 valence electrons. The minimum atomic E-state index is -0.290. The summed E-state index contributed by atoms with van der Waals surface area (Å²) in [7, 11) is 0. The van der Waals surface area contributed by atoms with Crippen LogP contribution in [0.2, 0.25) is 0 Å². The largest absolute Gasteiger partial charge is 2.00 e. The van der Waals surface area contributed by atoms with Gasteiger partial charge < -0.3 is 14.5 Å². The van der Waals surface area contributed by atoms with E-state index >= 15 is 0 Å². The number of phenols is 1. The summed E-state index contributed by atoms with van der Waals surface area (Å²) >= 11 is 1.76. The minimum Gasteiger partial charge on any atom is -0.511 e. The molecule has 0 aliphatic heterocycles. The average molecular weight is 952 g/mol. The SMILES string of the molecule is CC(C)(C)c1cc(-[n+]2[c-]n3c4[c-]c(-c5cc6cc(-c7ccccc7)sc6cn5)ccc4c4ccccc4c4ccccc4c4cccc2c43)c(O)c(C(C)(C)C)c1.[Pt+2]. The fourth-order valence-corrected chi connectivity index (χ4v) is 9.29. The zero-order chi connectivity index (χ0) is 39.2. The molecule has 10 aromatic rings. The quantitative estimate of drug-likeness (QED) is 0.142. The van der Waals surface area contributed by atoms with Crippen LogP contribution in [0.1, 0.15) is 52.7 Å². The number of hydrogen-bond acceptors (Lipinski definition) is 3. The van der Waals surface area contributed by atoms with Gasteiger partial charge in [0.1, 0.15) is 11.4 Å². The van der Waals surface area contributed by atoms with Gasteiger partial charge in [-0.3, -0.25) is 4.57 Å². The molecule has 0 spiro atoms. The van der Waals surface area contributed by atoms with Crippen LogP contribution in [0, 0.1) is 12.4 Å². The van der Waals surface area contributed by atoms with Crippen LogP contribution in [-0.4, -0.2) is 14.5 Å². The summed E-state index contributed by atoms with van der Waals surface area (Å²) in [6, 6.07) is 51.3. The summed E-state index contributed by atoms with van der Waals surface area (Å²) in [5.41, 5.74) is 8.06. The van der Waals surface area contributed by atoms with E-state index in [1.165, 1.54) is 10.4 Å². The summed E-state index contributed by atoms with van der Waals surface area (Å²) in [4.78, 5) is 6.24. The Balaban J connectivity index is 0.00000436. The molecule has 0 aliphatic rings. The normalized spacial score (nSPS) is 12.2. The molecule has 4 heterocycles. The molecule has 4 aromatic heterocycles. The number of thiophene rings is 1. The van der Waals surface area contributed by atoms with Crippen molar-refractivity contribution >= 4 is 70.3 Å². The van der Waals surface area contributed by atoms with Gasteiger partial charge in [-0.25, -0.2) is 0 Å². The van der Waals surface area contributed by atoms with Crippen molar-refractivity contribution in [1.29, 1.82) is 0 Å². The number of hydrogen-bond donors (Lipinski definition) is 1. The van der Waals surface area contributed by atoms with Crippen molar-refractivity contribution in [3.8, 4) is 33.1 Å². The molecular weight excluding hydrogens is 910 g/mol. The van der Waals surface area contributed by atoms with E-state index in [0.29, 0.717) is 5.69 Å². The molecular formula is C52H42N3OPtS+. The van der Waals surface area contributed by atoms with Crippen LogP contribution in [0.15, 0.2) is 140 Å². The Morgan fingerprint density at radius 2 is 1.29 bits per heavy atom. The molecule has 10 rings (SSSR count). The van der Waals surface area contributed by atoms with Gasteiger partial charge in [-0.1, -0.05) is 162 Å². The number of fused-ring (bicyclic) bond motifs is 8. The van der Waals surface area contributed by atoms with Gasteiger partial charge in [0.2, 0.25) is 0 Å². The van der Waals surface area contributed by atoms with E-state index in [0.717, 1.165) is 81.3 Å². The Hall–Kier alpha value is -5.61. The monoisotopic (exact) mass is 951 g/mol. The van der Waals surface area contributed by atoms with E-state index in [2.05, 4.69) is 196 Å². The molecule has 0 amide bonds. The first-order valence-corrected chi connectivity index (χ1v) is 20.3. The van der Waals surface area contributed by atoms with E-state index in [1.54, 1.807) is 11.3 Å². The maximum Gasteiger partial charge on any atom is 2.00 e. The standard InChI is InChI=1S/C52H42N3OS.Pt/c1-51(2,3)35-28-42(52(4,5)6)50(56)46(29-35)54-31-55-45-26-33(43-25-34-27-47(57-48(34)30-53-43)32-15-8-7-9-16-32)23-24-40(45)38-19-12-10-17-36(38)37-18-11-13-20-39(37)41-21-14-22-44(54)49(41)55;/h7-25,27-30,56H,1-6H3;/q-1;+2. The van der Waals surface area contributed by atoms with E-state index in [-0.39, 0.29) is 37.6 Å². The maximum atomic E-state index is 12.2. The van der Waals surface area contributed by atoms with Gasteiger partial charge >= 0.3 is 21.1 Å². The number of pyridine rings is 1. The van der Waals surface area contributed by atoms with Crippen LogP contribution >= 0.6 is 11.3 Å². The second-order valence-corrected chi connectivity index (χ2v) is 18.2. The second-order valence-electron chi connectivity index (χ2n) is 17.1. The molecule has 1 N–H and O–H groups in total. The first-order chi connectivity index (χ1) is 27.4. The molecule has 0 saturated heterocycles. The number of aromatic hydroxyl groups is 1. The fourth-order valence-electron chi connectivity index (χ4n) is 8.28. The Labute approximate surface area is 357 Å². The molecule has 0 radical (unpaired) electrons. The molecule has 0 bridgehead atoms. The minimum absolute atomic E-state index is 0. The van der Waals surface area contributed by atoms with E-state index in [1.807, 2.05) is 6.20 Å². The number of para-hydroxylation sites is 1.